The number of nitrogens with one attached hydrogen (secondary N) is 10. The van der Waals surface area contributed by atoms with E-state index in [0.717, 1.165) is 16.9 Å². The Bertz CT molecular complexity index is 2270. The van der Waals surface area contributed by atoms with E-state index in [9.17, 15) is 63.3 Å². The lowest BCUT2D eigenvalue weighted by Gasteiger charge is -2.28. The molecule has 416 valence electrons. The fourth-order valence-electron chi connectivity index (χ4n) is 7.70. The number of thiophene rings is 1. The quantitative estimate of drug-likeness (QED) is 0.0625. The molecule has 11 atom stereocenters. The summed E-state index contributed by atoms with van der Waals surface area (Å²) < 4.78 is 0. The summed E-state index contributed by atoms with van der Waals surface area (Å²) in [6.07, 6.45) is -4.13. The van der Waals surface area contributed by atoms with Crippen LogP contribution in [0.15, 0.2) is 41.8 Å². The van der Waals surface area contributed by atoms with Gasteiger partial charge in [0.2, 0.25) is 53.2 Å². The highest BCUT2D eigenvalue weighted by molar-refractivity contribution is 7.12. The number of carbonyl (C=O) groups excluding carboxylic acids is 10. The topological polar surface area (TPSA) is 430 Å². The van der Waals surface area contributed by atoms with Crippen molar-refractivity contribution in [3.05, 3.63) is 57.8 Å². The molecule has 26 nitrogen and oxygen atoms in total. The number of nitrogens with two attached hydrogens (primary N) is 3. The van der Waals surface area contributed by atoms with Gasteiger partial charge in [-0.1, -0.05) is 44.2 Å². The van der Waals surface area contributed by atoms with Crippen molar-refractivity contribution in [2.24, 2.45) is 23.1 Å². The molecule has 1 aliphatic rings. The zero-order valence-electron chi connectivity index (χ0n) is 42.8. The van der Waals surface area contributed by atoms with Crippen molar-refractivity contribution in [1.29, 1.82) is 0 Å². The highest BCUT2D eigenvalue weighted by atomic mass is 32.1. The number of aryl methyl sites for hydroxylation is 1. The molecule has 1 fully saturated rings. The predicted molar refractivity (Wildman–Crippen MR) is 274 cm³/mol. The van der Waals surface area contributed by atoms with Gasteiger partial charge in [-0.25, -0.2) is 0 Å². The smallest absolute Gasteiger partial charge is 0.262 e. The molecule has 75 heavy (non-hydrogen) atoms. The van der Waals surface area contributed by atoms with Crippen LogP contribution in [0.4, 0.5) is 0 Å². The van der Waals surface area contributed by atoms with Crippen LogP contribution in [0.2, 0.25) is 0 Å². The number of aliphatic hydroxyl groups excluding tert-OH is 3. The van der Waals surface area contributed by atoms with Crippen LogP contribution in [0.25, 0.3) is 0 Å². The standard InChI is InChI=1S/C48H75N13O13S/c1-24(2)19-33-43(69)55-29(11-15-49)39(65)54-31(13-17-51)42(68)60-37(26(4)63)47(73)52-18-14-32(41(67)53-30(12-16-50)40(66)58-34(44(70)57-33)21-28-9-7-6-8-10-28)56-45(71)35(22-62)59-48(74)38(27(5)64)61-46(72)36-20-25(3)23-75-36/h6-10,20,23-24,26-27,29-35,37-38,62-64H,11-19,21-22,49-51H2,1-5H3,(H,52,73)(H,53,67)(H,54,65)(H,55,69)(H,56,71)(H,57,70)(H,58,66)(H,59,74)(H,60,68)(H,61,72)/t26-,27-,29+,30+,31+,32+,33+,34-,35-,37+,38+/m1/s1. The monoisotopic (exact) mass is 1070 g/mol. The Kier molecular flexibility index (Phi) is 26.2. The fraction of sp³-hybridized carbons (Fsp3) is 0.583. The molecule has 3 rings (SSSR count). The summed E-state index contributed by atoms with van der Waals surface area (Å²) >= 11 is 1.09. The summed E-state index contributed by atoms with van der Waals surface area (Å²) in [6.45, 7) is 5.74. The van der Waals surface area contributed by atoms with Crippen LogP contribution in [-0.2, 0) is 49.6 Å². The molecule has 2 aromatic rings. The molecular formula is C48H75N13O13S. The van der Waals surface area contributed by atoms with Gasteiger partial charge in [-0.3, -0.25) is 47.9 Å². The normalized spacial score (nSPS) is 23.6. The van der Waals surface area contributed by atoms with Crippen LogP contribution in [0.3, 0.4) is 0 Å². The molecule has 0 radical (unpaired) electrons. The molecule has 27 heteroatoms. The molecule has 1 aromatic carbocycles. The van der Waals surface area contributed by atoms with E-state index in [-0.39, 0.29) is 62.5 Å². The number of benzene rings is 1. The molecule has 19 N–H and O–H groups in total. The van der Waals surface area contributed by atoms with Crippen molar-refractivity contribution < 1.29 is 63.3 Å². The van der Waals surface area contributed by atoms with Crippen molar-refractivity contribution in [2.45, 2.75) is 140 Å². The van der Waals surface area contributed by atoms with Crippen LogP contribution in [0, 0.1) is 12.8 Å². The SMILES string of the molecule is Cc1csc(C(=O)N[C@H](C(=O)N[C@H](CO)C(=O)N[C@H]2CCNC(=O)[C@H]([C@@H](C)O)NC(=O)[C@H](CCN)NC(=O)[C@H](CCN)NC(=O)[C@H](CC(C)C)NC(=O)[C@@H](Cc3ccccc3)NC(=O)[C@H](CCN)NC2=O)[C@@H](C)O)c1. The van der Waals surface area contributed by atoms with Gasteiger partial charge in [-0.2, -0.15) is 0 Å². The first-order chi connectivity index (χ1) is 35.5. The van der Waals surface area contributed by atoms with E-state index >= 15 is 0 Å². The second-order valence-electron chi connectivity index (χ2n) is 18.6. The second kappa shape index (κ2) is 31.3. The average Bonchev–Trinajstić information content (AvgIpc) is 3.80. The summed E-state index contributed by atoms with van der Waals surface area (Å²) in [7, 11) is 0. The Hall–Kier alpha value is -6.62. The Morgan fingerprint density at radius 2 is 1.19 bits per heavy atom. The van der Waals surface area contributed by atoms with E-state index in [0.29, 0.717) is 5.56 Å². The summed E-state index contributed by atoms with van der Waals surface area (Å²) in [5.74, 6) is -9.58. The molecule has 2 heterocycles. The lowest BCUT2D eigenvalue weighted by Crippen LogP contribution is -2.61. The molecule has 0 aliphatic carbocycles. The number of carbonyl (C=O) groups is 10. The van der Waals surface area contributed by atoms with E-state index < -0.39 is 145 Å². The Balaban J connectivity index is 2.09. The predicted octanol–water partition coefficient (Wildman–Crippen LogP) is -5.36. The summed E-state index contributed by atoms with van der Waals surface area (Å²) in [6, 6.07) is -3.67. The number of hydrogen-bond donors (Lipinski definition) is 16. The first-order valence-electron chi connectivity index (χ1n) is 24.7. The molecule has 1 aromatic heterocycles. The summed E-state index contributed by atoms with van der Waals surface area (Å²) in [5, 5.41) is 58.1. The van der Waals surface area contributed by atoms with E-state index in [1.807, 2.05) is 0 Å². The van der Waals surface area contributed by atoms with E-state index in [2.05, 4.69) is 53.2 Å². The number of aliphatic hydroxyl groups is 3. The molecule has 0 bridgehead atoms. The van der Waals surface area contributed by atoms with E-state index in [1.165, 1.54) is 13.8 Å². The van der Waals surface area contributed by atoms with Gasteiger partial charge < -0.3 is 85.7 Å². The maximum absolute atomic E-state index is 14.3. The van der Waals surface area contributed by atoms with Gasteiger partial charge in [-0.05, 0) is 101 Å². The minimum absolute atomic E-state index is 0.0500. The molecule has 1 saturated heterocycles. The van der Waals surface area contributed by atoms with Gasteiger partial charge in [0.1, 0.15) is 54.4 Å². The largest absolute Gasteiger partial charge is 0.394 e. The lowest BCUT2D eigenvalue weighted by molar-refractivity contribution is -0.136. The summed E-state index contributed by atoms with van der Waals surface area (Å²) in [5.41, 5.74) is 18.9. The number of amides is 10. The minimum Gasteiger partial charge on any atom is -0.394 e. The van der Waals surface area contributed by atoms with Crippen LogP contribution in [0.1, 0.15) is 80.6 Å². The molecule has 0 spiro atoms. The van der Waals surface area contributed by atoms with Crippen molar-refractivity contribution in [1.82, 2.24) is 53.2 Å². The van der Waals surface area contributed by atoms with Crippen LogP contribution >= 0.6 is 11.3 Å². The Morgan fingerprint density at radius 3 is 1.68 bits per heavy atom. The summed E-state index contributed by atoms with van der Waals surface area (Å²) in [4.78, 5) is 139. The van der Waals surface area contributed by atoms with Gasteiger partial charge in [0.15, 0.2) is 0 Å². The first-order valence-corrected chi connectivity index (χ1v) is 25.6. The maximum Gasteiger partial charge on any atom is 0.262 e. The zero-order valence-corrected chi connectivity index (χ0v) is 43.6. The van der Waals surface area contributed by atoms with E-state index in [4.69, 9.17) is 17.2 Å². The number of hydrogen-bond acceptors (Lipinski definition) is 17. The molecule has 0 saturated carbocycles. The Labute approximate surface area is 439 Å². The third-order valence-electron chi connectivity index (χ3n) is 11.8. The first kappa shape index (κ1) is 62.7. The van der Waals surface area contributed by atoms with E-state index in [1.54, 1.807) is 62.5 Å². The molecule has 10 amide bonds. The lowest BCUT2D eigenvalue weighted by atomic mass is 10.00. The van der Waals surface area contributed by atoms with Gasteiger partial charge in [-0.15, -0.1) is 11.3 Å². The van der Waals surface area contributed by atoms with Crippen LogP contribution < -0.4 is 70.4 Å². The Morgan fingerprint density at radius 1 is 0.680 bits per heavy atom. The molecule has 1 aliphatic heterocycles. The van der Waals surface area contributed by atoms with Crippen LogP contribution in [0.5, 0.6) is 0 Å². The van der Waals surface area contributed by atoms with Crippen molar-refractivity contribution >= 4 is 70.4 Å². The average molecular weight is 1070 g/mol. The maximum atomic E-state index is 14.3. The van der Waals surface area contributed by atoms with Crippen molar-refractivity contribution in [3.8, 4) is 0 Å². The fourth-order valence-corrected chi connectivity index (χ4v) is 8.50. The van der Waals surface area contributed by atoms with Gasteiger partial charge in [0.25, 0.3) is 5.91 Å². The van der Waals surface area contributed by atoms with Gasteiger partial charge >= 0.3 is 0 Å². The zero-order chi connectivity index (χ0) is 55.9. The molecular weight excluding hydrogens is 999 g/mol. The van der Waals surface area contributed by atoms with Crippen molar-refractivity contribution in [3.63, 3.8) is 0 Å². The van der Waals surface area contributed by atoms with Crippen LogP contribution in [-0.4, -0.2) is 174 Å². The third kappa shape index (κ3) is 20.2. The van der Waals surface area contributed by atoms with Gasteiger partial charge in [0.05, 0.1) is 23.7 Å². The molecule has 0 unspecified atom stereocenters. The second-order valence-corrected chi connectivity index (χ2v) is 19.6. The van der Waals surface area contributed by atoms with Crippen molar-refractivity contribution in [2.75, 3.05) is 32.8 Å². The minimum atomic E-state index is -1.81. The number of rotatable bonds is 19. The highest BCUT2D eigenvalue weighted by Crippen LogP contribution is 2.15. The van der Waals surface area contributed by atoms with Gasteiger partial charge in [0, 0.05) is 13.0 Å². The third-order valence-corrected chi connectivity index (χ3v) is 12.8. The highest BCUT2D eigenvalue weighted by Gasteiger charge is 2.37.